The molecule has 3 aromatic carbocycles. The monoisotopic (exact) mass is 567 g/mol. The number of anilines is 2. The van der Waals surface area contributed by atoms with E-state index < -0.39 is 46.8 Å². The fourth-order valence-electron chi connectivity index (χ4n) is 4.23. The van der Waals surface area contributed by atoms with Gasteiger partial charge in [-0.2, -0.15) is 13.2 Å². The van der Waals surface area contributed by atoms with Crippen molar-refractivity contribution >= 4 is 57.4 Å². The summed E-state index contributed by atoms with van der Waals surface area (Å²) in [5.41, 5.74) is 3.90. The van der Waals surface area contributed by atoms with Crippen LogP contribution in [-0.4, -0.2) is 21.8 Å². The van der Waals surface area contributed by atoms with Gasteiger partial charge in [-0.1, -0.05) is 11.6 Å². The van der Waals surface area contributed by atoms with Crippen molar-refractivity contribution < 1.29 is 31.5 Å². The Morgan fingerprint density at radius 3 is 2.47 bits per heavy atom. The van der Waals surface area contributed by atoms with Crippen molar-refractivity contribution in [3.8, 4) is 0 Å². The van der Waals surface area contributed by atoms with Gasteiger partial charge in [-0.3, -0.25) is 9.59 Å². The van der Waals surface area contributed by atoms with Crippen LogP contribution in [0.25, 0.3) is 10.9 Å². The lowest BCUT2D eigenvalue weighted by molar-refractivity contribution is -0.137. The van der Waals surface area contributed by atoms with Crippen LogP contribution in [0.3, 0.4) is 0 Å². The topological polar surface area (TPSA) is 110 Å². The average molecular weight is 568 g/mol. The number of alkyl halides is 3. The smallest absolute Gasteiger partial charge is 0.383 e. The van der Waals surface area contributed by atoms with Gasteiger partial charge in [0.15, 0.2) is 0 Å². The molecule has 1 aromatic heterocycles. The molecule has 1 aliphatic rings. The van der Waals surface area contributed by atoms with Crippen LogP contribution in [0.2, 0.25) is 10.3 Å². The van der Waals surface area contributed by atoms with Crippen LogP contribution in [0.1, 0.15) is 43.4 Å². The van der Waals surface area contributed by atoms with Crippen molar-refractivity contribution in [2.45, 2.75) is 12.2 Å². The molecule has 4 aromatic rings. The molecule has 0 aliphatic carbocycles. The highest BCUT2D eigenvalue weighted by atomic mass is 35.5. The predicted molar refractivity (Wildman–Crippen MR) is 129 cm³/mol. The molecule has 1 aliphatic heterocycles. The second kappa shape index (κ2) is 9.07. The van der Waals surface area contributed by atoms with Crippen LogP contribution in [-0.2, 0) is 6.18 Å². The summed E-state index contributed by atoms with van der Waals surface area (Å²) in [7, 11) is 0. The molecule has 1 unspecified atom stereocenters. The molecule has 0 saturated carbocycles. The Morgan fingerprint density at radius 1 is 1.03 bits per heavy atom. The van der Waals surface area contributed by atoms with Gasteiger partial charge in [-0.05, 0) is 54.1 Å². The number of fused-ring (bicyclic) bond motifs is 3. The maximum atomic E-state index is 14.1. The number of benzene rings is 3. The molecular formula is C24H12Cl2F5N5O2. The van der Waals surface area contributed by atoms with Crippen molar-refractivity contribution in [2.75, 3.05) is 11.1 Å². The third kappa shape index (κ3) is 4.45. The van der Waals surface area contributed by atoms with E-state index in [9.17, 15) is 31.5 Å². The van der Waals surface area contributed by atoms with Crippen LogP contribution in [0.5, 0.6) is 0 Å². The normalized spacial score (nSPS) is 14.9. The molecule has 0 radical (unpaired) electrons. The Labute approximate surface area is 219 Å². The first-order chi connectivity index (χ1) is 17.8. The number of aromatic nitrogens is 2. The van der Waals surface area contributed by atoms with Crippen molar-refractivity contribution in [1.29, 1.82) is 0 Å². The number of hydrogen-bond donors (Lipinski definition) is 3. The molecule has 194 valence electrons. The molecule has 2 amide bonds. The van der Waals surface area contributed by atoms with Crippen LogP contribution < -0.4 is 16.4 Å². The van der Waals surface area contributed by atoms with Crippen LogP contribution in [0, 0.1) is 11.6 Å². The molecule has 2 heterocycles. The van der Waals surface area contributed by atoms with E-state index in [1.807, 2.05) is 0 Å². The Balaban J connectivity index is 1.72. The third-order valence-electron chi connectivity index (χ3n) is 5.83. The number of nitrogen functional groups attached to an aromatic ring is 1. The molecule has 38 heavy (non-hydrogen) atoms. The van der Waals surface area contributed by atoms with Crippen molar-refractivity contribution in [1.82, 2.24) is 15.3 Å². The molecule has 0 fully saturated rings. The second-order valence-electron chi connectivity index (χ2n) is 8.24. The van der Waals surface area contributed by atoms with Gasteiger partial charge in [0.25, 0.3) is 11.8 Å². The van der Waals surface area contributed by atoms with Gasteiger partial charge < -0.3 is 16.4 Å². The highest BCUT2D eigenvalue weighted by Crippen LogP contribution is 2.43. The minimum atomic E-state index is -4.91. The van der Waals surface area contributed by atoms with Crippen LogP contribution >= 0.6 is 23.2 Å². The van der Waals surface area contributed by atoms with E-state index in [2.05, 4.69) is 20.6 Å². The summed E-state index contributed by atoms with van der Waals surface area (Å²) < 4.78 is 67.7. The number of carbonyl (C=O) groups is 2. The fourth-order valence-corrected chi connectivity index (χ4v) is 4.63. The SMILES string of the molecule is Nc1nc(Cl)nc2c3c(c(NC(=O)c4cc(F)cc(C(F)(F)F)c4)cc12)C(c1cc(F)ccc1Cl)NC3=O. The molecule has 4 N–H and O–H groups in total. The zero-order valence-electron chi connectivity index (χ0n) is 18.6. The Hall–Kier alpha value is -4.03. The number of carbonyl (C=O) groups excluding carboxylic acids is 2. The van der Waals surface area contributed by atoms with E-state index >= 15 is 0 Å². The van der Waals surface area contributed by atoms with Gasteiger partial charge in [-0.15, -0.1) is 0 Å². The maximum Gasteiger partial charge on any atom is 0.416 e. The standard InChI is InChI=1S/C24H12Cl2F5N5O2/c25-14-2-1-10(27)6-12(14)18-16-15(33-21(37)8-3-9(24(29,30)31)5-11(28)4-8)7-13-19(17(16)22(38)34-18)35-23(26)36-20(13)32/h1-7,18H,(H,33,37)(H,34,38)(H2,32,35,36). The van der Waals surface area contributed by atoms with Crippen molar-refractivity contribution in [3.63, 3.8) is 0 Å². The molecular weight excluding hydrogens is 556 g/mol. The van der Waals surface area contributed by atoms with Crippen LogP contribution in [0.4, 0.5) is 33.5 Å². The summed E-state index contributed by atoms with van der Waals surface area (Å²) in [5.74, 6) is -3.96. The van der Waals surface area contributed by atoms with E-state index in [4.69, 9.17) is 28.9 Å². The first kappa shape index (κ1) is 25.6. The Morgan fingerprint density at radius 2 is 1.76 bits per heavy atom. The lowest BCUT2D eigenvalue weighted by Gasteiger charge is -2.19. The number of amides is 2. The lowest BCUT2D eigenvalue weighted by atomic mass is 9.94. The minimum Gasteiger partial charge on any atom is -0.383 e. The number of nitrogens with one attached hydrogen (secondary N) is 2. The van der Waals surface area contributed by atoms with Gasteiger partial charge in [0, 0.05) is 32.8 Å². The summed E-state index contributed by atoms with van der Waals surface area (Å²) >= 11 is 12.2. The van der Waals surface area contributed by atoms with Crippen LogP contribution in [0.15, 0.2) is 42.5 Å². The number of hydrogen-bond acceptors (Lipinski definition) is 5. The van der Waals surface area contributed by atoms with E-state index in [1.54, 1.807) is 0 Å². The summed E-state index contributed by atoms with van der Waals surface area (Å²) in [6.07, 6.45) is -4.91. The van der Waals surface area contributed by atoms with Gasteiger partial charge in [-0.25, -0.2) is 18.7 Å². The van der Waals surface area contributed by atoms with Crippen molar-refractivity contribution in [2.24, 2.45) is 0 Å². The molecule has 0 spiro atoms. The van der Waals surface area contributed by atoms with E-state index in [0.29, 0.717) is 12.1 Å². The zero-order valence-corrected chi connectivity index (χ0v) is 20.1. The summed E-state index contributed by atoms with van der Waals surface area (Å²) in [6, 6.07) is 4.93. The molecule has 5 rings (SSSR count). The van der Waals surface area contributed by atoms with E-state index in [-0.39, 0.29) is 55.5 Å². The predicted octanol–water partition coefficient (Wildman–Crippen LogP) is 5.90. The minimum absolute atomic E-state index is 0.00753. The zero-order chi connectivity index (χ0) is 27.5. The highest BCUT2D eigenvalue weighted by molar-refractivity contribution is 6.31. The summed E-state index contributed by atoms with van der Waals surface area (Å²) in [6.45, 7) is 0. The lowest BCUT2D eigenvalue weighted by Crippen LogP contribution is -2.21. The van der Waals surface area contributed by atoms with E-state index in [0.717, 1.165) is 12.1 Å². The maximum absolute atomic E-state index is 14.1. The van der Waals surface area contributed by atoms with Gasteiger partial charge >= 0.3 is 6.18 Å². The first-order valence-corrected chi connectivity index (χ1v) is 11.3. The number of nitrogens with zero attached hydrogens (tertiary/aromatic N) is 2. The Kier molecular flexibility index (Phi) is 6.11. The largest absolute Gasteiger partial charge is 0.416 e. The van der Waals surface area contributed by atoms with Crippen molar-refractivity contribution in [3.05, 3.63) is 92.2 Å². The third-order valence-corrected chi connectivity index (χ3v) is 6.34. The van der Waals surface area contributed by atoms with Gasteiger partial charge in [0.1, 0.15) is 17.5 Å². The molecule has 7 nitrogen and oxygen atoms in total. The Bertz CT molecular complexity index is 1680. The molecule has 0 bridgehead atoms. The first-order valence-electron chi connectivity index (χ1n) is 10.6. The summed E-state index contributed by atoms with van der Waals surface area (Å²) in [4.78, 5) is 34.1. The second-order valence-corrected chi connectivity index (χ2v) is 8.98. The summed E-state index contributed by atoms with van der Waals surface area (Å²) in [5, 5.41) is 4.91. The van der Waals surface area contributed by atoms with Gasteiger partial charge in [0.2, 0.25) is 5.28 Å². The average Bonchev–Trinajstić information content (AvgIpc) is 3.18. The number of nitrogens with two attached hydrogens (primary N) is 1. The molecule has 1 atom stereocenters. The highest BCUT2D eigenvalue weighted by Gasteiger charge is 2.37. The molecule has 14 heteroatoms. The quantitative estimate of drug-likeness (QED) is 0.211. The van der Waals surface area contributed by atoms with E-state index in [1.165, 1.54) is 12.1 Å². The number of rotatable bonds is 3. The van der Waals surface area contributed by atoms with Gasteiger partial charge in [0.05, 0.1) is 22.7 Å². The number of halogens is 7. The fraction of sp³-hybridized carbons (Fsp3) is 0.0833. The molecule has 0 saturated heterocycles.